The molecule has 0 fully saturated rings. The maximum absolute atomic E-state index is 12.4. The molecule has 7 nitrogen and oxygen atoms in total. The minimum Gasteiger partial charge on any atom is -0.332 e. The lowest BCUT2D eigenvalue weighted by atomic mass is 10.1. The standard InChI is InChI=1S/C20H16Cl2N6OS2/c1-3-16-25-26-20-28(16)27-18(31-20)12-5-4-10(2)15(9-12)23-19(30)24-17(29)11-6-7-13(21)14(22)8-11/h4-9H,3H2,1-2H3,(H2,23,24,29,30). The lowest BCUT2D eigenvalue weighted by Gasteiger charge is -2.13. The van der Waals surface area contributed by atoms with Crippen molar-refractivity contribution in [3.8, 4) is 10.6 Å². The number of anilines is 1. The lowest BCUT2D eigenvalue weighted by Crippen LogP contribution is -2.34. The molecule has 0 spiro atoms. The average molecular weight is 491 g/mol. The van der Waals surface area contributed by atoms with Crippen molar-refractivity contribution in [1.29, 1.82) is 0 Å². The van der Waals surface area contributed by atoms with Gasteiger partial charge in [0.15, 0.2) is 10.9 Å². The number of nitrogens with zero attached hydrogens (tertiary/aromatic N) is 4. The quantitative estimate of drug-likeness (QED) is 0.384. The number of hydrogen-bond donors (Lipinski definition) is 2. The molecular weight excluding hydrogens is 475 g/mol. The molecule has 2 heterocycles. The summed E-state index contributed by atoms with van der Waals surface area (Å²) < 4.78 is 1.76. The van der Waals surface area contributed by atoms with Crippen LogP contribution in [0.3, 0.4) is 0 Å². The van der Waals surface area contributed by atoms with Gasteiger partial charge in [0.05, 0.1) is 10.0 Å². The number of amides is 1. The van der Waals surface area contributed by atoms with Gasteiger partial charge in [0.2, 0.25) is 4.96 Å². The minimum atomic E-state index is -0.384. The monoisotopic (exact) mass is 490 g/mol. The normalized spacial score (nSPS) is 11.0. The van der Waals surface area contributed by atoms with E-state index in [-0.39, 0.29) is 11.0 Å². The number of benzene rings is 2. The predicted octanol–water partition coefficient (Wildman–Crippen LogP) is 5.16. The molecule has 2 N–H and O–H groups in total. The molecule has 0 aliphatic carbocycles. The van der Waals surface area contributed by atoms with Crippen LogP contribution >= 0.6 is 46.8 Å². The third-order valence-electron chi connectivity index (χ3n) is 4.51. The van der Waals surface area contributed by atoms with Gasteiger partial charge in [0, 0.05) is 23.2 Å². The van der Waals surface area contributed by atoms with Crippen LogP contribution < -0.4 is 10.6 Å². The molecule has 0 radical (unpaired) electrons. The number of aromatic nitrogens is 4. The van der Waals surface area contributed by atoms with E-state index in [9.17, 15) is 4.79 Å². The van der Waals surface area contributed by atoms with E-state index in [0.717, 1.165) is 39.0 Å². The first-order valence-electron chi connectivity index (χ1n) is 9.25. The predicted molar refractivity (Wildman–Crippen MR) is 128 cm³/mol. The number of halogens is 2. The van der Waals surface area contributed by atoms with Crippen LogP contribution in [0.1, 0.15) is 28.7 Å². The molecule has 0 atom stereocenters. The van der Waals surface area contributed by atoms with Crippen LogP contribution in [0.5, 0.6) is 0 Å². The summed E-state index contributed by atoms with van der Waals surface area (Å²) in [5, 5.41) is 20.3. The Bertz CT molecular complexity index is 1320. The molecule has 0 aliphatic rings. The molecule has 11 heteroatoms. The van der Waals surface area contributed by atoms with Crippen molar-refractivity contribution < 1.29 is 4.79 Å². The summed E-state index contributed by atoms with van der Waals surface area (Å²) in [5.74, 6) is 0.430. The van der Waals surface area contributed by atoms with Crippen LogP contribution in [0, 0.1) is 6.92 Å². The molecule has 0 unspecified atom stereocenters. The Kier molecular flexibility index (Phi) is 6.19. The topological polar surface area (TPSA) is 84.2 Å². The number of nitrogens with one attached hydrogen (secondary N) is 2. The van der Waals surface area contributed by atoms with Gasteiger partial charge in [-0.2, -0.15) is 9.61 Å². The van der Waals surface area contributed by atoms with Gasteiger partial charge in [-0.1, -0.05) is 53.6 Å². The van der Waals surface area contributed by atoms with E-state index < -0.39 is 0 Å². The third kappa shape index (κ3) is 4.54. The zero-order valence-corrected chi connectivity index (χ0v) is 19.6. The Morgan fingerprint density at radius 2 is 1.97 bits per heavy atom. The Morgan fingerprint density at radius 1 is 1.16 bits per heavy atom. The third-order valence-corrected chi connectivity index (χ3v) is 6.40. The van der Waals surface area contributed by atoms with E-state index >= 15 is 0 Å². The summed E-state index contributed by atoms with van der Waals surface area (Å²) in [7, 11) is 0. The van der Waals surface area contributed by atoms with E-state index in [2.05, 4.69) is 25.9 Å². The summed E-state index contributed by atoms with van der Waals surface area (Å²) in [6.45, 7) is 3.96. The molecule has 2 aromatic carbocycles. The smallest absolute Gasteiger partial charge is 0.257 e. The SMILES string of the molecule is CCc1nnc2sc(-c3ccc(C)c(NC(=S)NC(=O)c4ccc(Cl)c(Cl)c4)c3)nn12. The summed E-state index contributed by atoms with van der Waals surface area (Å²) in [6.07, 6.45) is 0.748. The van der Waals surface area contributed by atoms with Gasteiger partial charge >= 0.3 is 0 Å². The molecule has 1 amide bonds. The molecule has 0 aliphatic heterocycles. The Morgan fingerprint density at radius 3 is 2.71 bits per heavy atom. The van der Waals surface area contributed by atoms with Crippen molar-refractivity contribution in [2.24, 2.45) is 0 Å². The van der Waals surface area contributed by atoms with Gasteiger partial charge in [0.25, 0.3) is 5.91 Å². The van der Waals surface area contributed by atoms with Crippen molar-refractivity contribution in [3.63, 3.8) is 0 Å². The Balaban J connectivity index is 1.52. The number of hydrogen-bond acceptors (Lipinski definition) is 6. The van der Waals surface area contributed by atoms with Crippen molar-refractivity contribution in [1.82, 2.24) is 25.1 Å². The summed E-state index contributed by atoms with van der Waals surface area (Å²) in [6, 6.07) is 10.5. The highest BCUT2D eigenvalue weighted by molar-refractivity contribution is 7.80. The van der Waals surface area contributed by atoms with Crippen molar-refractivity contribution in [2.75, 3.05) is 5.32 Å². The Labute approximate surface area is 197 Å². The summed E-state index contributed by atoms with van der Waals surface area (Å²) in [5.41, 5.74) is 2.99. The molecule has 158 valence electrons. The molecule has 4 aromatic rings. The highest BCUT2D eigenvalue weighted by atomic mass is 35.5. The maximum atomic E-state index is 12.4. The zero-order valence-electron chi connectivity index (χ0n) is 16.4. The van der Waals surface area contributed by atoms with Crippen molar-refractivity contribution >= 4 is 68.4 Å². The molecule has 0 saturated carbocycles. The molecular formula is C20H16Cl2N6OS2. The van der Waals surface area contributed by atoms with E-state index in [4.69, 9.17) is 35.4 Å². The van der Waals surface area contributed by atoms with Crippen molar-refractivity contribution in [2.45, 2.75) is 20.3 Å². The van der Waals surface area contributed by atoms with E-state index in [1.165, 1.54) is 17.4 Å². The van der Waals surface area contributed by atoms with Crippen LogP contribution in [-0.4, -0.2) is 30.8 Å². The van der Waals surface area contributed by atoms with Gasteiger partial charge in [-0.25, -0.2) is 0 Å². The van der Waals surface area contributed by atoms with Crippen LogP contribution in [0.2, 0.25) is 10.0 Å². The number of aryl methyl sites for hydroxylation is 2. The fraction of sp³-hybridized carbons (Fsp3) is 0.150. The van der Waals surface area contributed by atoms with Crippen LogP contribution in [-0.2, 0) is 6.42 Å². The van der Waals surface area contributed by atoms with E-state index in [1.54, 1.807) is 16.6 Å². The minimum absolute atomic E-state index is 0.169. The molecule has 0 saturated heterocycles. The number of carbonyl (C=O) groups is 1. The second kappa shape index (κ2) is 8.88. The van der Waals surface area contributed by atoms with Gasteiger partial charge in [-0.05, 0) is 49.0 Å². The van der Waals surface area contributed by atoms with Crippen LogP contribution in [0.4, 0.5) is 5.69 Å². The van der Waals surface area contributed by atoms with Gasteiger partial charge in [-0.15, -0.1) is 10.2 Å². The number of fused-ring (bicyclic) bond motifs is 1. The van der Waals surface area contributed by atoms with E-state index in [1.807, 2.05) is 32.0 Å². The fourth-order valence-electron chi connectivity index (χ4n) is 2.85. The number of thiocarbonyl (C=S) groups is 1. The van der Waals surface area contributed by atoms with Gasteiger partial charge in [-0.3, -0.25) is 10.1 Å². The first kappa shape index (κ1) is 21.6. The van der Waals surface area contributed by atoms with Crippen LogP contribution in [0.25, 0.3) is 15.5 Å². The maximum Gasteiger partial charge on any atom is 0.257 e. The molecule has 31 heavy (non-hydrogen) atoms. The van der Waals surface area contributed by atoms with E-state index in [0.29, 0.717) is 15.6 Å². The largest absolute Gasteiger partial charge is 0.332 e. The highest BCUT2D eigenvalue weighted by Crippen LogP contribution is 2.29. The Hall–Kier alpha value is -2.59. The summed E-state index contributed by atoms with van der Waals surface area (Å²) >= 11 is 18.7. The second-order valence-electron chi connectivity index (χ2n) is 6.64. The first-order valence-corrected chi connectivity index (χ1v) is 11.2. The molecule has 4 rings (SSSR count). The van der Waals surface area contributed by atoms with Gasteiger partial charge < -0.3 is 5.32 Å². The number of carbonyl (C=O) groups excluding carboxylic acids is 1. The molecule has 2 aromatic heterocycles. The zero-order chi connectivity index (χ0) is 22.1. The fourth-order valence-corrected chi connectivity index (χ4v) is 4.21. The summed E-state index contributed by atoms with van der Waals surface area (Å²) in [4.78, 5) is 13.2. The van der Waals surface area contributed by atoms with Gasteiger partial charge in [0.1, 0.15) is 5.01 Å². The average Bonchev–Trinajstić information content (AvgIpc) is 3.32. The lowest BCUT2D eigenvalue weighted by molar-refractivity contribution is 0.0977. The number of rotatable bonds is 4. The molecule has 0 bridgehead atoms. The highest BCUT2D eigenvalue weighted by Gasteiger charge is 2.14. The van der Waals surface area contributed by atoms with Crippen LogP contribution in [0.15, 0.2) is 36.4 Å². The second-order valence-corrected chi connectivity index (χ2v) is 8.82. The van der Waals surface area contributed by atoms with Crippen molar-refractivity contribution in [3.05, 3.63) is 63.4 Å². The first-order chi connectivity index (χ1) is 14.9.